The van der Waals surface area contributed by atoms with E-state index in [1.807, 2.05) is 60.7 Å². The fourth-order valence-electron chi connectivity index (χ4n) is 8.29. The molecule has 3 aliphatic heterocycles. The summed E-state index contributed by atoms with van der Waals surface area (Å²) in [7, 11) is -0.720. The maximum Gasteiger partial charge on any atom is 0.414 e. The standard InChI is InChI=1S/C38H43N5O6Si/c1-6-19-43-32-17-12-27(42-21-22-48-37(42)46)23-30(32)38(36(43)45)25(2)35(50(4,5)29-15-13-28(47-3)14-16-29)33(49-38)18-20-41-24-31(39-40-41)34(44)26-10-8-7-9-11-26/h6-17,23-25,33-35,44H,1,18-22H2,2-5H3/t25-,33+,34-,35-,38+/m1/s1. The molecule has 7 rings (SSSR count). The Bertz CT molecular complexity index is 1900. The molecule has 2 saturated heterocycles. The van der Waals surface area contributed by atoms with Crippen LogP contribution in [0.15, 0.2) is 91.6 Å². The molecule has 260 valence electrons. The third kappa shape index (κ3) is 5.51. The molecule has 0 unspecified atom stereocenters. The van der Waals surface area contributed by atoms with E-state index in [-0.39, 0.29) is 23.5 Å². The molecule has 3 aromatic carbocycles. The summed E-state index contributed by atoms with van der Waals surface area (Å²) >= 11 is 0. The number of nitrogens with zero attached hydrogens (tertiary/aromatic N) is 5. The SMILES string of the molecule is C=CCN1C(=O)[C@@]2(O[C@@H](CCn3cc([C@H](O)c4ccccc4)nn3)[C@H]([Si](C)(C)c3ccc(OC)cc3)[C@H]2C)c2cc(N3CCOC3=O)ccc21. The number of aliphatic hydroxyl groups is 1. The van der Waals surface area contributed by atoms with Crippen LogP contribution in [0, 0.1) is 5.92 Å². The number of methoxy groups -OCH3 is 1. The van der Waals surface area contributed by atoms with E-state index in [9.17, 15) is 14.7 Å². The Morgan fingerprint density at radius 3 is 2.56 bits per heavy atom. The van der Waals surface area contributed by atoms with Crippen molar-refractivity contribution in [2.24, 2.45) is 5.92 Å². The Kier molecular flexibility index (Phi) is 8.87. The van der Waals surface area contributed by atoms with Crippen LogP contribution in [-0.4, -0.2) is 73.1 Å². The molecule has 4 heterocycles. The lowest BCUT2D eigenvalue weighted by Crippen LogP contribution is -2.52. The predicted molar refractivity (Wildman–Crippen MR) is 192 cm³/mol. The maximum atomic E-state index is 14.8. The zero-order valence-electron chi connectivity index (χ0n) is 28.9. The first-order valence-electron chi connectivity index (χ1n) is 17.1. The van der Waals surface area contributed by atoms with Crippen molar-refractivity contribution in [1.29, 1.82) is 0 Å². The van der Waals surface area contributed by atoms with Crippen molar-refractivity contribution in [1.82, 2.24) is 15.0 Å². The van der Waals surface area contributed by atoms with Crippen molar-refractivity contribution in [3.05, 3.63) is 108 Å². The number of ether oxygens (including phenoxy) is 3. The Morgan fingerprint density at radius 1 is 1.12 bits per heavy atom. The summed E-state index contributed by atoms with van der Waals surface area (Å²) in [6, 6.07) is 23.4. The van der Waals surface area contributed by atoms with Gasteiger partial charge in [0.2, 0.25) is 0 Å². The number of carbonyl (C=O) groups is 2. The number of benzene rings is 3. The zero-order valence-corrected chi connectivity index (χ0v) is 29.9. The Morgan fingerprint density at radius 2 is 1.88 bits per heavy atom. The smallest absolute Gasteiger partial charge is 0.414 e. The van der Waals surface area contributed by atoms with E-state index < -0.39 is 25.9 Å². The molecule has 50 heavy (non-hydrogen) atoms. The molecule has 0 radical (unpaired) electrons. The lowest BCUT2D eigenvalue weighted by atomic mass is 9.82. The number of fused-ring (bicyclic) bond motifs is 2. The zero-order chi connectivity index (χ0) is 35.2. The fraction of sp³-hybridized carbons (Fsp3) is 0.368. The highest BCUT2D eigenvalue weighted by atomic mass is 28.3. The summed E-state index contributed by atoms with van der Waals surface area (Å²) in [5.74, 6) is 0.446. The van der Waals surface area contributed by atoms with Crippen LogP contribution in [0.4, 0.5) is 16.2 Å². The van der Waals surface area contributed by atoms with Gasteiger partial charge < -0.3 is 24.2 Å². The lowest BCUT2D eigenvalue weighted by Gasteiger charge is -2.37. The molecular weight excluding hydrogens is 651 g/mol. The molecule has 0 saturated carbocycles. The van der Waals surface area contributed by atoms with Crippen LogP contribution in [0.1, 0.15) is 36.3 Å². The van der Waals surface area contributed by atoms with Gasteiger partial charge in [-0.1, -0.05) is 79.0 Å². The van der Waals surface area contributed by atoms with E-state index >= 15 is 0 Å². The van der Waals surface area contributed by atoms with Crippen molar-refractivity contribution in [3.63, 3.8) is 0 Å². The Balaban J connectivity index is 1.27. The van der Waals surface area contributed by atoms with Gasteiger partial charge in [0.15, 0.2) is 5.60 Å². The van der Waals surface area contributed by atoms with Crippen LogP contribution in [0.25, 0.3) is 0 Å². The number of aliphatic hydroxyl groups excluding tert-OH is 1. The molecule has 1 spiro atoms. The first kappa shape index (κ1) is 33.7. The molecule has 5 atom stereocenters. The normalized spacial score (nSPS) is 23.7. The van der Waals surface area contributed by atoms with Gasteiger partial charge in [-0.3, -0.25) is 14.4 Å². The van der Waals surface area contributed by atoms with Crippen molar-refractivity contribution in [2.75, 3.05) is 36.6 Å². The lowest BCUT2D eigenvalue weighted by molar-refractivity contribution is -0.145. The monoisotopic (exact) mass is 693 g/mol. The van der Waals surface area contributed by atoms with Crippen LogP contribution in [0.2, 0.25) is 18.6 Å². The molecule has 4 aromatic rings. The quantitative estimate of drug-likeness (QED) is 0.169. The van der Waals surface area contributed by atoms with Gasteiger partial charge in [0.1, 0.15) is 24.2 Å². The van der Waals surface area contributed by atoms with Gasteiger partial charge >= 0.3 is 6.09 Å². The van der Waals surface area contributed by atoms with Crippen molar-refractivity contribution in [3.8, 4) is 5.75 Å². The summed E-state index contributed by atoms with van der Waals surface area (Å²) in [4.78, 5) is 30.8. The van der Waals surface area contributed by atoms with Crippen LogP contribution in [0.5, 0.6) is 5.75 Å². The topological polar surface area (TPSA) is 119 Å². The van der Waals surface area contributed by atoms with Crippen LogP contribution >= 0.6 is 0 Å². The van der Waals surface area contributed by atoms with E-state index in [2.05, 4.69) is 49.0 Å². The molecule has 0 aliphatic carbocycles. The number of aryl methyl sites for hydroxylation is 1. The second-order valence-electron chi connectivity index (χ2n) is 13.8. The predicted octanol–water partition coefficient (Wildman–Crippen LogP) is 5.16. The third-order valence-corrected chi connectivity index (χ3v) is 15.2. The number of carbonyl (C=O) groups excluding carboxylic acids is 2. The van der Waals surface area contributed by atoms with E-state index in [0.717, 1.165) is 22.6 Å². The van der Waals surface area contributed by atoms with Gasteiger partial charge in [-0.25, -0.2) is 4.79 Å². The second-order valence-corrected chi connectivity index (χ2v) is 18.5. The number of hydrogen-bond acceptors (Lipinski definition) is 8. The van der Waals surface area contributed by atoms with Gasteiger partial charge in [0.05, 0.1) is 39.7 Å². The third-order valence-electron chi connectivity index (χ3n) is 10.8. The van der Waals surface area contributed by atoms with Gasteiger partial charge in [-0.05, 0) is 47.9 Å². The largest absolute Gasteiger partial charge is 0.497 e. The maximum absolute atomic E-state index is 14.8. The molecule has 12 heteroatoms. The average molecular weight is 694 g/mol. The number of rotatable bonds is 11. The number of aromatic nitrogens is 3. The molecule has 0 bridgehead atoms. The summed E-state index contributed by atoms with van der Waals surface area (Å²) < 4.78 is 19.7. The number of hydrogen-bond donors (Lipinski definition) is 1. The first-order chi connectivity index (χ1) is 24.1. The molecule has 1 N–H and O–H groups in total. The molecule has 3 aliphatic rings. The fourth-order valence-corrected chi connectivity index (χ4v) is 12.4. The van der Waals surface area contributed by atoms with E-state index in [1.54, 1.807) is 33.9 Å². The number of cyclic esters (lactones) is 1. The van der Waals surface area contributed by atoms with E-state index in [1.165, 1.54) is 5.19 Å². The van der Waals surface area contributed by atoms with Crippen molar-refractivity contribution >= 4 is 36.6 Å². The second kappa shape index (κ2) is 13.2. The van der Waals surface area contributed by atoms with E-state index in [0.29, 0.717) is 44.0 Å². The molecule has 1 aromatic heterocycles. The molecule has 11 nitrogen and oxygen atoms in total. The minimum atomic E-state index is -2.38. The highest BCUT2D eigenvalue weighted by Gasteiger charge is 2.66. The summed E-state index contributed by atoms with van der Waals surface area (Å²) in [5.41, 5.74) is 2.13. The van der Waals surface area contributed by atoms with Crippen LogP contribution in [-0.2, 0) is 26.4 Å². The summed E-state index contributed by atoms with van der Waals surface area (Å²) in [5, 5.41) is 20.8. The number of amides is 2. The van der Waals surface area contributed by atoms with E-state index in [4.69, 9.17) is 14.2 Å². The molecule has 2 fully saturated rings. The minimum Gasteiger partial charge on any atom is -0.497 e. The molecule has 2 amide bonds. The van der Waals surface area contributed by atoms with Gasteiger partial charge in [0, 0.05) is 30.3 Å². The Labute approximate surface area is 293 Å². The highest BCUT2D eigenvalue weighted by molar-refractivity contribution is 6.91. The minimum absolute atomic E-state index is 0.00897. The van der Waals surface area contributed by atoms with Gasteiger partial charge in [0.25, 0.3) is 5.91 Å². The summed E-state index contributed by atoms with van der Waals surface area (Å²) in [6.45, 7) is 12.3. The number of anilines is 2. The van der Waals surface area contributed by atoms with Crippen molar-refractivity contribution in [2.45, 2.75) is 56.3 Å². The van der Waals surface area contributed by atoms with Crippen LogP contribution in [0.3, 0.4) is 0 Å². The van der Waals surface area contributed by atoms with Gasteiger partial charge in [-0.15, -0.1) is 11.7 Å². The van der Waals surface area contributed by atoms with Gasteiger partial charge in [-0.2, -0.15) is 0 Å². The van der Waals surface area contributed by atoms with Crippen LogP contribution < -0.4 is 19.7 Å². The molecular formula is C38H43N5O6Si. The first-order valence-corrected chi connectivity index (χ1v) is 20.1. The Hall–Kier alpha value is -4.78. The summed E-state index contributed by atoms with van der Waals surface area (Å²) in [6.07, 6.45) is 2.45. The highest BCUT2D eigenvalue weighted by Crippen LogP contribution is 2.60. The average Bonchev–Trinajstić information content (AvgIpc) is 3.90. The van der Waals surface area contributed by atoms with Crippen molar-refractivity contribution < 1.29 is 28.9 Å².